The summed E-state index contributed by atoms with van der Waals surface area (Å²) >= 11 is 12.5. The molecule has 9 heteroatoms. The van der Waals surface area contributed by atoms with Gasteiger partial charge >= 0.3 is 0 Å². The largest absolute Gasteiger partial charge is 0.326 e. The van der Waals surface area contributed by atoms with Crippen molar-refractivity contribution in [3.05, 3.63) is 52.0 Å². The fraction of sp³-hybridized carbons (Fsp3) is 0.263. The molecule has 2 aromatic rings. The Labute approximate surface area is 173 Å². The summed E-state index contributed by atoms with van der Waals surface area (Å²) in [7, 11) is -3.35. The van der Waals surface area contributed by atoms with E-state index in [1.807, 2.05) is 6.92 Å². The number of nitrogens with one attached hydrogen (secondary N) is 2. The van der Waals surface area contributed by atoms with Gasteiger partial charge in [0.2, 0.25) is 5.91 Å². The fourth-order valence-corrected chi connectivity index (χ4v) is 3.94. The van der Waals surface area contributed by atoms with Crippen LogP contribution in [0.1, 0.15) is 23.7 Å². The van der Waals surface area contributed by atoms with Gasteiger partial charge in [-0.3, -0.25) is 9.59 Å². The minimum Gasteiger partial charge on any atom is -0.326 e. The number of hydrogen-bond donors (Lipinski definition) is 2. The predicted octanol–water partition coefficient (Wildman–Crippen LogP) is 4.24. The topological polar surface area (TPSA) is 92.3 Å². The summed E-state index contributed by atoms with van der Waals surface area (Å²) in [4.78, 5) is 24.6. The van der Waals surface area contributed by atoms with Gasteiger partial charge in [0.15, 0.2) is 9.84 Å². The molecule has 2 aromatic carbocycles. The maximum absolute atomic E-state index is 12.4. The van der Waals surface area contributed by atoms with E-state index in [2.05, 4.69) is 10.6 Å². The van der Waals surface area contributed by atoms with Gasteiger partial charge in [-0.1, -0.05) is 30.1 Å². The van der Waals surface area contributed by atoms with Crippen LogP contribution in [0.15, 0.2) is 41.3 Å². The molecule has 0 heterocycles. The van der Waals surface area contributed by atoms with E-state index in [1.54, 1.807) is 0 Å². The Balaban J connectivity index is 1.74. The van der Waals surface area contributed by atoms with E-state index >= 15 is 0 Å². The highest BCUT2D eigenvalue weighted by molar-refractivity contribution is 7.90. The number of halogens is 2. The molecule has 2 atom stereocenters. The number of carbonyl (C=O) groups excluding carboxylic acids is 2. The number of amides is 2. The molecule has 1 aliphatic rings. The van der Waals surface area contributed by atoms with Crippen LogP contribution in [0.4, 0.5) is 11.4 Å². The molecule has 148 valence electrons. The number of anilines is 2. The van der Waals surface area contributed by atoms with Crippen LogP contribution in [0.3, 0.4) is 0 Å². The lowest BCUT2D eigenvalue weighted by atomic mass is 10.2. The zero-order valence-corrected chi connectivity index (χ0v) is 17.5. The molecule has 0 aliphatic heterocycles. The van der Waals surface area contributed by atoms with Gasteiger partial charge in [0.05, 0.1) is 20.6 Å². The van der Waals surface area contributed by atoms with Gasteiger partial charge < -0.3 is 10.6 Å². The second kappa shape index (κ2) is 7.73. The minimum absolute atomic E-state index is 0.00633. The van der Waals surface area contributed by atoms with Crippen LogP contribution in [-0.2, 0) is 14.6 Å². The van der Waals surface area contributed by atoms with Crippen molar-refractivity contribution < 1.29 is 18.0 Å². The van der Waals surface area contributed by atoms with Crippen LogP contribution in [0.2, 0.25) is 10.0 Å². The zero-order valence-electron chi connectivity index (χ0n) is 15.1. The monoisotopic (exact) mass is 440 g/mol. The highest BCUT2D eigenvalue weighted by Gasteiger charge is 2.39. The van der Waals surface area contributed by atoms with Crippen LogP contribution in [-0.4, -0.2) is 26.5 Å². The predicted molar refractivity (Wildman–Crippen MR) is 110 cm³/mol. The first-order valence-corrected chi connectivity index (χ1v) is 11.1. The summed E-state index contributed by atoms with van der Waals surface area (Å²) in [6, 6.07) is 8.54. The Kier molecular flexibility index (Phi) is 5.70. The zero-order chi connectivity index (χ0) is 20.6. The second-order valence-corrected chi connectivity index (χ2v) is 9.70. The Morgan fingerprint density at radius 1 is 1.04 bits per heavy atom. The third kappa shape index (κ3) is 4.66. The molecular formula is C19H18Cl2N2O4S. The van der Waals surface area contributed by atoms with Crippen LogP contribution >= 0.6 is 23.2 Å². The molecule has 2 N–H and O–H groups in total. The minimum atomic E-state index is -3.35. The lowest BCUT2D eigenvalue weighted by molar-refractivity contribution is -0.117. The quantitative estimate of drug-likeness (QED) is 0.726. The average molecular weight is 441 g/mol. The van der Waals surface area contributed by atoms with Gasteiger partial charge in [-0.05, 0) is 48.7 Å². The lowest BCUT2D eigenvalue weighted by Crippen LogP contribution is -2.15. The average Bonchev–Trinajstić information content (AvgIpc) is 3.34. The summed E-state index contributed by atoms with van der Waals surface area (Å²) in [6.07, 6.45) is 1.95. The number of sulfone groups is 1. The van der Waals surface area contributed by atoms with E-state index in [-0.39, 0.29) is 38.0 Å². The first-order chi connectivity index (χ1) is 13.1. The molecule has 1 saturated carbocycles. The van der Waals surface area contributed by atoms with Gasteiger partial charge in [0.1, 0.15) is 0 Å². The molecule has 28 heavy (non-hydrogen) atoms. The molecular weight excluding hydrogens is 423 g/mol. The summed E-state index contributed by atoms with van der Waals surface area (Å²) in [5.74, 6) is -0.194. The van der Waals surface area contributed by atoms with Crippen molar-refractivity contribution in [1.29, 1.82) is 0 Å². The molecule has 3 rings (SSSR count). The number of benzene rings is 2. The van der Waals surface area contributed by atoms with Gasteiger partial charge in [0.25, 0.3) is 5.91 Å². The SMILES string of the molecule is C[C@H]1C[C@@H]1C(=O)Nc1cc(Cl)c(NC(=O)c2ccc(S(C)(=O)=O)cc2)c(Cl)c1. The molecule has 0 radical (unpaired) electrons. The van der Waals surface area contributed by atoms with Crippen LogP contribution < -0.4 is 10.6 Å². The van der Waals surface area contributed by atoms with Crippen LogP contribution in [0.5, 0.6) is 0 Å². The number of carbonyl (C=O) groups is 2. The maximum Gasteiger partial charge on any atom is 0.255 e. The Hall–Kier alpha value is -2.09. The first kappa shape index (κ1) is 20.6. The van der Waals surface area contributed by atoms with E-state index in [9.17, 15) is 18.0 Å². The van der Waals surface area contributed by atoms with E-state index in [0.717, 1.165) is 12.7 Å². The van der Waals surface area contributed by atoms with Crippen molar-refractivity contribution in [2.24, 2.45) is 11.8 Å². The molecule has 6 nitrogen and oxygen atoms in total. The van der Waals surface area contributed by atoms with Crippen molar-refractivity contribution in [1.82, 2.24) is 0 Å². The molecule has 1 fully saturated rings. The van der Waals surface area contributed by atoms with Gasteiger partial charge in [-0.2, -0.15) is 0 Å². The van der Waals surface area contributed by atoms with E-state index in [1.165, 1.54) is 36.4 Å². The molecule has 0 saturated heterocycles. The smallest absolute Gasteiger partial charge is 0.255 e. The molecule has 2 amide bonds. The third-order valence-corrected chi connectivity index (χ3v) is 6.26. The Morgan fingerprint density at radius 3 is 2.04 bits per heavy atom. The fourth-order valence-electron chi connectivity index (χ4n) is 2.73. The third-order valence-electron chi connectivity index (χ3n) is 4.54. The van der Waals surface area contributed by atoms with Crippen LogP contribution in [0.25, 0.3) is 0 Å². The Bertz CT molecular complexity index is 1030. The molecule has 0 unspecified atom stereocenters. The second-order valence-electron chi connectivity index (χ2n) is 6.87. The normalized spacial score (nSPS) is 18.4. The van der Waals surface area contributed by atoms with E-state index in [0.29, 0.717) is 11.6 Å². The summed E-state index contributed by atoms with van der Waals surface area (Å²) in [5.41, 5.74) is 0.910. The highest BCUT2D eigenvalue weighted by Crippen LogP contribution is 2.39. The molecule has 0 aromatic heterocycles. The summed E-state index contributed by atoms with van der Waals surface area (Å²) in [5, 5.41) is 5.73. The maximum atomic E-state index is 12.4. The number of rotatable bonds is 5. The van der Waals surface area contributed by atoms with Gasteiger partial charge in [0, 0.05) is 23.4 Å². The van der Waals surface area contributed by atoms with Crippen molar-refractivity contribution in [2.45, 2.75) is 18.2 Å². The standard InChI is InChI=1S/C19H18Cl2N2O4S/c1-10-7-14(10)19(25)22-12-8-15(20)17(16(21)9-12)23-18(24)11-3-5-13(6-4-11)28(2,26)27/h3-6,8-10,14H,7H2,1-2H3,(H,22,25)(H,23,24)/t10-,14-/m0/s1. The van der Waals surface area contributed by atoms with Crippen molar-refractivity contribution in [3.8, 4) is 0 Å². The molecule has 1 aliphatic carbocycles. The highest BCUT2D eigenvalue weighted by atomic mass is 35.5. The van der Waals surface area contributed by atoms with Crippen molar-refractivity contribution in [2.75, 3.05) is 16.9 Å². The lowest BCUT2D eigenvalue weighted by Gasteiger charge is -2.12. The number of hydrogen-bond acceptors (Lipinski definition) is 4. The first-order valence-electron chi connectivity index (χ1n) is 8.47. The van der Waals surface area contributed by atoms with Crippen molar-refractivity contribution >= 4 is 56.2 Å². The molecule has 0 bridgehead atoms. The molecule has 0 spiro atoms. The van der Waals surface area contributed by atoms with E-state index in [4.69, 9.17) is 23.2 Å². The summed E-state index contributed by atoms with van der Waals surface area (Å²) < 4.78 is 23.0. The summed E-state index contributed by atoms with van der Waals surface area (Å²) in [6.45, 7) is 2.01. The van der Waals surface area contributed by atoms with E-state index < -0.39 is 15.7 Å². The van der Waals surface area contributed by atoms with Gasteiger partial charge in [-0.15, -0.1) is 0 Å². The van der Waals surface area contributed by atoms with Gasteiger partial charge in [-0.25, -0.2) is 8.42 Å². The van der Waals surface area contributed by atoms with Crippen LogP contribution in [0, 0.1) is 11.8 Å². The van der Waals surface area contributed by atoms with Crippen molar-refractivity contribution in [3.63, 3.8) is 0 Å². The Morgan fingerprint density at radius 2 is 1.57 bits per heavy atom.